The quantitative estimate of drug-likeness (QED) is 0.365. The molecule has 1 aromatic carbocycles. The maximum atomic E-state index is 13.3. The molecule has 0 saturated carbocycles. The van der Waals surface area contributed by atoms with Crippen molar-refractivity contribution in [2.24, 2.45) is 0 Å². The first kappa shape index (κ1) is 20.5. The molecule has 0 aliphatic carbocycles. The first-order valence-corrected chi connectivity index (χ1v) is 10.2. The second-order valence-corrected chi connectivity index (χ2v) is 7.88. The van der Waals surface area contributed by atoms with Gasteiger partial charge in [0.1, 0.15) is 0 Å². The van der Waals surface area contributed by atoms with E-state index in [1.165, 1.54) is 17.3 Å². The highest BCUT2D eigenvalue weighted by atomic mass is 16.3. The Bertz CT molecular complexity index is 1120. The summed E-state index contributed by atoms with van der Waals surface area (Å²) >= 11 is 0. The molecule has 1 saturated heterocycles. The van der Waals surface area contributed by atoms with Crippen LogP contribution >= 0.6 is 0 Å². The van der Waals surface area contributed by atoms with Gasteiger partial charge in [-0.05, 0) is 40.8 Å². The number of hydrogen-bond acceptors (Lipinski definition) is 4. The van der Waals surface area contributed by atoms with E-state index in [4.69, 9.17) is 0 Å². The molecule has 1 aliphatic rings. The number of likely N-dealkylation sites (tertiary alicyclic amines) is 1. The number of ketones is 1. The first-order valence-electron chi connectivity index (χ1n) is 10.2. The third-order valence-corrected chi connectivity index (χ3v) is 5.52. The second-order valence-electron chi connectivity index (χ2n) is 7.88. The summed E-state index contributed by atoms with van der Waals surface area (Å²) in [6, 6.07) is 13.8. The van der Waals surface area contributed by atoms with E-state index in [0.717, 1.165) is 16.7 Å². The molecule has 156 valence electrons. The van der Waals surface area contributed by atoms with Crippen LogP contribution in [0.25, 0.3) is 5.76 Å². The Morgan fingerprint density at radius 1 is 1.10 bits per heavy atom. The summed E-state index contributed by atoms with van der Waals surface area (Å²) < 4.78 is 0. The zero-order valence-corrected chi connectivity index (χ0v) is 17.4. The maximum absolute atomic E-state index is 13.3. The largest absolute Gasteiger partial charge is 0.872 e. The summed E-state index contributed by atoms with van der Waals surface area (Å²) in [6.45, 7) is 4.41. The zero-order chi connectivity index (χ0) is 22.0. The number of pyridine rings is 2. The Kier molecular flexibility index (Phi) is 5.62. The topological polar surface area (TPSA) is 87.5 Å². The van der Waals surface area contributed by atoms with Gasteiger partial charge < -0.3 is 10.0 Å². The number of aromatic nitrogens is 2. The third kappa shape index (κ3) is 3.97. The van der Waals surface area contributed by atoms with Crippen molar-refractivity contribution >= 4 is 17.4 Å². The molecule has 1 fully saturated rings. The number of aromatic amines is 1. The van der Waals surface area contributed by atoms with E-state index in [9.17, 15) is 14.7 Å². The van der Waals surface area contributed by atoms with Gasteiger partial charge in [-0.2, -0.15) is 0 Å². The Hall–Kier alpha value is -3.80. The van der Waals surface area contributed by atoms with Crippen molar-refractivity contribution < 1.29 is 19.7 Å². The molecular formula is C25H23N3O3. The smallest absolute Gasteiger partial charge is 0.295 e. The number of rotatable bonds is 5. The standard InChI is InChI=1S/C25H23N3O3/c1-16(2)18-5-7-19(8-6-18)22-21(23(29)20-9-12-26-13-10-20)24(30)25(31)28(22)15-17-4-3-11-27-14-17/h3-14,16,22,29H,15H2,1-2H3. The molecule has 1 N–H and O–H groups in total. The van der Waals surface area contributed by atoms with E-state index < -0.39 is 23.5 Å². The second kappa shape index (κ2) is 8.52. The molecule has 1 aliphatic heterocycles. The average Bonchev–Trinajstić information content (AvgIpc) is 3.05. The van der Waals surface area contributed by atoms with Crippen molar-refractivity contribution in [1.29, 1.82) is 0 Å². The molecule has 6 nitrogen and oxygen atoms in total. The van der Waals surface area contributed by atoms with Crippen LogP contribution in [-0.4, -0.2) is 21.6 Å². The number of hydrogen-bond donors (Lipinski definition) is 0. The summed E-state index contributed by atoms with van der Waals surface area (Å²) in [4.78, 5) is 34.4. The van der Waals surface area contributed by atoms with Crippen LogP contribution < -0.4 is 10.1 Å². The van der Waals surface area contributed by atoms with Crippen LogP contribution in [-0.2, 0) is 16.1 Å². The van der Waals surface area contributed by atoms with Gasteiger partial charge in [0.05, 0.1) is 12.6 Å². The number of amides is 1. The Balaban J connectivity index is 1.84. The molecule has 0 radical (unpaired) electrons. The minimum absolute atomic E-state index is 0.0200. The van der Waals surface area contributed by atoms with Crippen LogP contribution in [0.15, 0.2) is 78.9 Å². The number of nitrogens with one attached hydrogen (secondary N) is 1. The Morgan fingerprint density at radius 3 is 2.42 bits per heavy atom. The number of H-pyrrole nitrogens is 1. The molecular weight excluding hydrogens is 390 g/mol. The van der Waals surface area contributed by atoms with Gasteiger partial charge in [0.25, 0.3) is 5.91 Å². The summed E-state index contributed by atoms with van der Waals surface area (Å²) in [5, 5.41) is 13.3. The summed E-state index contributed by atoms with van der Waals surface area (Å²) in [5.74, 6) is -1.52. The highest BCUT2D eigenvalue weighted by molar-refractivity contribution is 6.46. The highest BCUT2D eigenvalue weighted by Crippen LogP contribution is 2.39. The molecule has 1 amide bonds. The van der Waals surface area contributed by atoms with Gasteiger partial charge in [0.2, 0.25) is 5.78 Å². The summed E-state index contributed by atoms with van der Waals surface area (Å²) in [7, 11) is 0. The number of Topliss-reactive ketones (excluding diaryl/α,β-unsaturated/α-hetero) is 1. The van der Waals surface area contributed by atoms with Crippen molar-refractivity contribution in [2.75, 3.05) is 0 Å². The van der Waals surface area contributed by atoms with Gasteiger partial charge in [-0.3, -0.25) is 14.6 Å². The van der Waals surface area contributed by atoms with Gasteiger partial charge in [-0.15, -0.1) is 0 Å². The predicted octanol–water partition coefficient (Wildman–Crippen LogP) is 2.44. The molecule has 6 heteroatoms. The van der Waals surface area contributed by atoms with E-state index >= 15 is 0 Å². The SMILES string of the molecule is CC(C)c1ccc(C2C(=C([O-])c3ccncc3)C(=O)C(=O)N2Cc2ccc[nH+]c2)cc1. The van der Waals surface area contributed by atoms with E-state index in [-0.39, 0.29) is 12.1 Å². The fourth-order valence-electron chi connectivity index (χ4n) is 3.83. The van der Waals surface area contributed by atoms with Crippen LogP contribution in [0.1, 0.15) is 48.1 Å². The minimum Gasteiger partial charge on any atom is -0.872 e. The fourth-order valence-corrected chi connectivity index (χ4v) is 3.83. The lowest BCUT2D eigenvalue weighted by molar-refractivity contribution is -0.378. The summed E-state index contributed by atoms with van der Waals surface area (Å²) in [6.07, 6.45) is 6.55. The first-order chi connectivity index (χ1) is 15.0. The lowest BCUT2D eigenvalue weighted by Gasteiger charge is -2.27. The van der Waals surface area contributed by atoms with Gasteiger partial charge in [-0.25, -0.2) is 4.98 Å². The maximum Gasteiger partial charge on any atom is 0.295 e. The van der Waals surface area contributed by atoms with Crippen molar-refractivity contribution in [3.05, 3.63) is 101 Å². The molecule has 3 aromatic rings. The number of benzene rings is 1. The van der Waals surface area contributed by atoms with Crippen LogP contribution in [0, 0.1) is 0 Å². The number of carbonyl (C=O) groups is 2. The Labute approximate surface area is 180 Å². The minimum atomic E-state index is -0.750. The monoisotopic (exact) mass is 413 g/mol. The average molecular weight is 413 g/mol. The molecule has 2 aromatic heterocycles. The fraction of sp³-hybridized carbons (Fsp3) is 0.200. The molecule has 1 unspecified atom stereocenters. The van der Waals surface area contributed by atoms with Gasteiger partial charge in [0.15, 0.2) is 12.4 Å². The molecule has 0 spiro atoms. The molecule has 31 heavy (non-hydrogen) atoms. The van der Waals surface area contributed by atoms with Crippen LogP contribution in [0.2, 0.25) is 0 Å². The van der Waals surface area contributed by atoms with Gasteiger partial charge in [0, 0.05) is 29.6 Å². The van der Waals surface area contributed by atoms with E-state index in [0.29, 0.717) is 11.5 Å². The van der Waals surface area contributed by atoms with Crippen molar-refractivity contribution in [1.82, 2.24) is 9.88 Å². The normalized spacial score (nSPS) is 18.0. The van der Waals surface area contributed by atoms with Crippen LogP contribution in [0.5, 0.6) is 0 Å². The van der Waals surface area contributed by atoms with Crippen molar-refractivity contribution in [2.45, 2.75) is 32.4 Å². The number of carbonyl (C=O) groups excluding carboxylic acids is 2. The summed E-state index contributed by atoms with van der Waals surface area (Å²) in [5.41, 5.74) is 3.04. The molecule has 1 atom stereocenters. The van der Waals surface area contributed by atoms with Crippen molar-refractivity contribution in [3.63, 3.8) is 0 Å². The third-order valence-electron chi connectivity index (χ3n) is 5.52. The number of nitrogens with zero attached hydrogens (tertiary/aromatic N) is 2. The predicted molar refractivity (Wildman–Crippen MR) is 113 cm³/mol. The van der Waals surface area contributed by atoms with Crippen LogP contribution in [0.4, 0.5) is 0 Å². The molecule has 3 heterocycles. The van der Waals surface area contributed by atoms with Gasteiger partial charge in [-0.1, -0.05) is 43.9 Å². The molecule has 4 rings (SSSR count). The van der Waals surface area contributed by atoms with Crippen molar-refractivity contribution in [3.8, 4) is 0 Å². The van der Waals surface area contributed by atoms with E-state index in [1.807, 2.05) is 36.4 Å². The molecule has 0 bridgehead atoms. The van der Waals surface area contributed by atoms with E-state index in [1.54, 1.807) is 24.5 Å². The lowest BCUT2D eigenvalue weighted by atomic mass is 9.93. The van der Waals surface area contributed by atoms with Gasteiger partial charge >= 0.3 is 0 Å². The lowest BCUT2D eigenvalue weighted by Crippen LogP contribution is -2.29. The van der Waals surface area contributed by atoms with E-state index in [2.05, 4.69) is 23.8 Å². The highest BCUT2D eigenvalue weighted by Gasteiger charge is 2.44. The zero-order valence-electron chi connectivity index (χ0n) is 17.4. The Morgan fingerprint density at radius 2 is 1.81 bits per heavy atom. The van der Waals surface area contributed by atoms with Crippen LogP contribution in [0.3, 0.4) is 0 Å².